The zero-order chi connectivity index (χ0) is 18.8. The van der Waals surface area contributed by atoms with Crippen molar-refractivity contribution in [2.75, 3.05) is 11.1 Å². The van der Waals surface area contributed by atoms with Crippen molar-refractivity contribution < 1.29 is 9.18 Å². The Balaban J connectivity index is 1.49. The highest BCUT2D eigenvalue weighted by Gasteiger charge is 2.09. The number of nitrogens with zero attached hydrogens (tertiary/aromatic N) is 2. The highest BCUT2D eigenvalue weighted by molar-refractivity contribution is 6.05. The molecule has 27 heavy (non-hydrogen) atoms. The van der Waals surface area contributed by atoms with Gasteiger partial charge in [0.2, 0.25) is 0 Å². The van der Waals surface area contributed by atoms with Gasteiger partial charge in [0.25, 0.3) is 5.91 Å². The first-order chi connectivity index (χ1) is 13.1. The second kappa shape index (κ2) is 6.92. The number of carbonyl (C=O) groups is 1. The fourth-order valence-electron chi connectivity index (χ4n) is 2.89. The SMILES string of the molecule is Nc1ccccc1NC(=O)c1ccc(Cn2cc3c(F)cccc3n2)cc1. The quantitative estimate of drug-likeness (QED) is 0.539. The van der Waals surface area contributed by atoms with Crippen LogP contribution >= 0.6 is 0 Å². The van der Waals surface area contributed by atoms with Gasteiger partial charge in [-0.15, -0.1) is 0 Å². The Morgan fingerprint density at radius 2 is 1.81 bits per heavy atom. The molecule has 3 N–H and O–H groups in total. The van der Waals surface area contributed by atoms with Gasteiger partial charge >= 0.3 is 0 Å². The number of hydrogen-bond donors (Lipinski definition) is 2. The Bertz CT molecular complexity index is 1120. The van der Waals surface area contributed by atoms with Crippen LogP contribution in [-0.4, -0.2) is 15.7 Å². The maximum Gasteiger partial charge on any atom is 0.255 e. The third-order valence-corrected chi connectivity index (χ3v) is 4.31. The van der Waals surface area contributed by atoms with Crippen LogP contribution in [0.2, 0.25) is 0 Å². The Kier molecular flexibility index (Phi) is 4.30. The van der Waals surface area contributed by atoms with Crippen LogP contribution in [0.15, 0.2) is 72.9 Å². The second-order valence-electron chi connectivity index (χ2n) is 6.24. The van der Waals surface area contributed by atoms with Crippen molar-refractivity contribution in [1.29, 1.82) is 0 Å². The van der Waals surface area contributed by atoms with Crippen LogP contribution in [0.3, 0.4) is 0 Å². The van der Waals surface area contributed by atoms with Gasteiger partial charge in [-0.25, -0.2) is 4.39 Å². The molecule has 0 radical (unpaired) electrons. The number of benzene rings is 3. The van der Waals surface area contributed by atoms with E-state index >= 15 is 0 Å². The molecule has 4 aromatic rings. The van der Waals surface area contributed by atoms with E-state index < -0.39 is 0 Å². The number of halogens is 1. The minimum atomic E-state index is -0.286. The fourth-order valence-corrected chi connectivity index (χ4v) is 2.89. The highest BCUT2D eigenvalue weighted by Crippen LogP contribution is 2.19. The summed E-state index contributed by atoms with van der Waals surface area (Å²) in [6, 6.07) is 19.1. The summed E-state index contributed by atoms with van der Waals surface area (Å²) in [6.07, 6.45) is 1.68. The highest BCUT2D eigenvalue weighted by atomic mass is 19.1. The molecule has 0 unspecified atom stereocenters. The first-order valence-electron chi connectivity index (χ1n) is 8.46. The van der Waals surface area contributed by atoms with E-state index in [1.165, 1.54) is 6.07 Å². The van der Waals surface area contributed by atoms with Gasteiger partial charge in [0.15, 0.2) is 0 Å². The third kappa shape index (κ3) is 3.50. The number of hydrogen-bond acceptors (Lipinski definition) is 3. The van der Waals surface area contributed by atoms with Crippen LogP contribution in [0.4, 0.5) is 15.8 Å². The molecule has 0 fully saturated rings. The topological polar surface area (TPSA) is 72.9 Å². The standard InChI is InChI=1S/C21H17FN4O/c22-17-4-3-7-19-16(17)13-26(25-19)12-14-8-10-15(11-9-14)21(27)24-20-6-2-1-5-18(20)23/h1-11,13H,12,23H2,(H,24,27). The molecule has 0 aliphatic heterocycles. The fraction of sp³-hybridized carbons (Fsp3) is 0.0476. The number of aromatic nitrogens is 2. The first kappa shape index (κ1) is 16.8. The van der Waals surface area contributed by atoms with Crippen molar-refractivity contribution in [2.24, 2.45) is 0 Å². The second-order valence-corrected chi connectivity index (χ2v) is 6.24. The van der Waals surface area contributed by atoms with Crippen molar-refractivity contribution in [3.63, 3.8) is 0 Å². The van der Waals surface area contributed by atoms with Crippen LogP contribution in [0.5, 0.6) is 0 Å². The summed E-state index contributed by atoms with van der Waals surface area (Å²) in [5.41, 5.74) is 9.04. The van der Waals surface area contributed by atoms with Gasteiger partial charge in [-0.3, -0.25) is 9.48 Å². The molecule has 0 spiro atoms. The van der Waals surface area contributed by atoms with E-state index in [1.807, 2.05) is 24.3 Å². The summed E-state index contributed by atoms with van der Waals surface area (Å²) in [5, 5.41) is 7.67. The summed E-state index contributed by atoms with van der Waals surface area (Å²) >= 11 is 0. The average molecular weight is 360 g/mol. The number of fused-ring (bicyclic) bond motifs is 1. The molecule has 4 rings (SSSR count). The number of rotatable bonds is 4. The van der Waals surface area contributed by atoms with Crippen molar-refractivity contribution in [2.45, 2.75) is 6.54 Å². The monoisotopic (exact) mass is 360 g/mol. The molecule has 3 aromatic carbocycles. The van der Waals surface area contributed by atoms with Gasteiger partial charge in [0, 0.05) is 11.8 Å². The molecule has 134 valence electrons. The van der Waals surface area contributed by atoms with E-state index in [-0.39, 0.29) is 11.7 Å². The third-order valence-electron chi connectivity index (χ3n) is 4.31. The van der Waals surface area contributed by atoms with Gasteiger partial charge in [-0.2, -0.15) is 5.10 Å². The lowest BCUT2D eigenvalue weighted by molar-refractivity contribution is 0.102. The lowest BCUT2D eigenvalue weighted by atomic mass is 10.1. The molecule has 0 atom stereocenters. The first-order valence-corrected chi connectivity index (χ1v) is 8.46. The van der Waals surface area contributed by atoms with E-state index in [1.54, 1.807) is 47.3 Å². The van der Waals surface area contributed by atoms with Gasteiger partial charge in [0.1, 0.15) is 5.82 Å². The number of para-hydroxylation sites is 2. The Labute approximate surface area is 155 Å². The number of carbonyl (C=O) groups excluding carboxylic acids is 1. The van der Waals surface area contributed by atoms with Gasteiger partial charge in [-0.05, 0) is 42.0 Å². The largest absolute Gasteiger partial charge is 0.397 e. The summed E-state index contributed by atoms with van der Waals surface area (Å²) in [5.74, 6) is -0.516. The maximum atomic E-state index is 13.8. The molecule has 0 saturated heterocycles. The smallest absolute Gasteiger partial charge is 0.255 e. The van der Waals surface area contributed by atoms with Crippen molar-refractivity contribution in [3.05, 3.63) is 89.9 Å². The number of amides is 1. The summed E-state index contributed by atoms with van der Waals surface area (Å²) in [6.45, 7) is 0.488. The Morgan fingerprint density at radius 3 is 2.56 bits per heavy atom. The zero-order valence-corrected chi connectivity index (χ0v) is 14.4. The van der Waals surface area contributed by atoms with E-state index in [4.69, 9.17) is 5.73 Å². The molecule has 1 heterocycles. The molecule has 1 amide bonds. The predicted octanol–water partition coefficient (Wildman–Crippen LogP) is 4.06. The summed E-state index contributed by atoms with van der Waals surface area (Å²) in [4.78, 5) is 12.4. The maximum absolute atomic E-state index is 13.8. The van der Waals surface area contributed by atoms with Crippen LogP contribution in [0.25, 0.3) is 10.9 Å². The van der Waals surface area contributed by atoms with Crippen LogP contribution in [-0.2, 0) is 6.54 Å². The lowest BCUT2D eigenvalue weighted by Crippen LogP contribution is -2.13. The van der Waals surface area contributed by atoms with E-state index in [0.717, 1.165) is 5.56 Å². The lowest BCUT2D eigenvalue weighted by Gasteiger charge is -2.08. The van der Waals surface area contributed by atoms with Crippen molar-refractivity contribution in [1.82, 2.24) is 9.78 Å². The van der Waals surface area contributed by atoms with Gasteiger partial charge in [0.05, 0.1) is 28.8 Å². The molecular formula is C21H17FN4O. The Hall–Kier alpha value is -3.67. The normalized spacial score (nSPS) is 10.9. The van der Waals surface area contributed by atoms with Crippen LogP contribution in [0, 0.1) is 5.82 Å². The minimum Gasteiger partial charge on any atom is -0.397 e. The molecule has 6 heteroatoms. The summed E-state index contributed by atoms with van der Waals surface area (Å²) in [7, 11) is 0. The minimum absolute atomic E-state index is 0.230. The molecule has 0 aliphatic rings. The molecule has 0 bridgehead atoms. The number of nitrogens with two attached hydrogens (primary N) is 1. The van der Waals surface area contributed by atoms with E-state index in [9.17, 15) is 9.18 Å². The van der Waals surface area contributed by atoms with Crippen LogP contribution < -0.4 is 11.1 Å². The van der Waals surface area contributed by atoms with Crippen molar-refractivity contribution in [3.8, 4) is 0 Å². The average Bonchev–Trinajstić information content (AvgIpc) is 3.08. The molecule has 5 nitrogen and oxygen atoms in total. The summed E-state index contributed by atoms with van der Waals surface area (Å²) < 4.78 is 15.5. The van der Waals surface area contributed by atoms with E-state index in [0.29, 0.717) is 34.4 Å². The zero-order valence-electron chi connectivity index (χ0n) is 14.4. The molecule has 0 saturated carbocycles. The molecule has 1 aromatic heterocycles. The van der Waals surface area contributed by atoms with Crippen LogP contribution in [0.1, 0.15) is 15.9 Å². The molecule has 0 aliphatic carbocycles. The van der Waals surface area contributed by atoms with Crippen molar-refractivity contribution >= 4 is 28.2 Å². The number of nitrogens with one attached hydrogen (secondary N) is 1. The molecular weight excluding hydrogens is 343 g/mol. The van der Waals surface area contributed by atoms with Gasteiger partial charge < -0.3 is 11.1 Å². The number of nitrogen functional groups attached to an aromatic ring is 1. The Morgan fingerprint density at radius 1 is 1.04 bits per heavy atom. The van der Waals surface area contributed by atoms with E-state index in [2.05, 4.69) is 10.4 Å². The predicted molar refractivity (Wildman–Crippen MR) is 104 cm³/mol. The van der Waals surface area contributed by atoms with Gasteiger partial charge in [-0.1, -0.05) is 30.3 Å². The number of anilines is 2.